The van der Waals surface area contributed by atoms with Crippen LogP contribution in [0.25, 0.3) is 10.9 Å². The van der Waals surface area contributed by atoms with E-state index in [1.807, 2.05) is 38.1 Å². The van der Waals surface area contributed by atoms with E-state index < -0.39 is 5.97 Å². The molecule has 2 saturated heterocycles. The highest BCUT2D eigenvalue weighted by molar-refractivity contribution is 5.94. The van der Waals surface area contributed by atoms with Gasteiger partial charge < -0.3 is 14.4 Å². The van der Waals surface area contributed by atoms with Crippen LogP contribution in [-0.4, -0.2) is 51.9 Å². The summed E-state index contributed by atoms with van der Waals surface area (Å²) in [6.07, 6.45) is 8.18. The van der Waals surface area contributed by atoms with Crippen molar-refractivity contribution in [2.75, 3.05) is 13.2 Å². The van der Waals surface area contributed by atoms with Gasteiger partial charge in [0.1, 0.15) is 11.7 Å². The highest BCUT2D eigenvalue weighted by Crippen LogP contribution is 2.37. The minimum absolute atomic E-state index is 0.0448. The Hall–Kier alpha value is -2.18. The minimum Gasteiger partial charge on any atom is -0.459 e. The van der Waals surface area contributed by atoms with Crippen LogP contribution in [0.5, 0.6) is 0 Å². The second kappa shape index (κ2) is 10.2. The van der Waals surface area contributed by atoms with Crippen molar-refractivity contribution in [3.63, 3.8) is 0 Å². The molecule has 32 heavy (non-hydrogen) atoms. The van der Waals surface area contributed by atoms with Crippen LogP contribution < -0.4 is 5.56 Å². The Labute approximate surface area is 190 Å². The van der Waals surface area contributed by atoms with Gasteiger partial charge in [-0.2, -0.15) is 0 Å². The lowest BCUT2D eigenvalue weighted by atomic mass is 9.99. The number of benzene rings is 1. The van der Waals surface area contributed by atoms with E-state index in [4.69, 9.17) is 9.84 Å². The predicted octanol–water partition coefficient (Wildman–Crippen LogP) is 4.29. The normalized spacial score (nSPS) is 23.2. The predicted molar refractivity (Wildman–Crippen MR) is 126 cm³/mol. The number of fused-ring (bicyclic) bond motifs is 3. The summed E-state index contributed by atoms with van der Waals surface area (Å²) in [6, 6.07) is 10.3. The monoisotopic (exact) mass is 440 g/mol. The maximum absolute atomic E-state index is 13.1. The summed E-state index contributed by atoms with van der Waals surface area (Å²) in [5.74, 6) is -0.489. The van der Waals surface area contributed by atoms with Crippen LogP contribution in [0.2, 0.25) is 0 Å². The molecular weight excluding hydrogens is 404 g/mol. The third-order valence-corrected chi connectivity index (χ3v) is 7.12. The molecule has 1 aromatic carbocycles. The van der Waals surface area contributed by atoms with Gasteiger partial charge in [-0.15, -0.1) is 0 Å². The molecule has 0 amide bonds. The topological polar surface area (TPSA) is 71.8 Å². The molecule has 0 spiro atoms. The van der Waals surface area contributed by atoms with E-state index in [0.29, 0.717) is 12.1 Å². The summed E-state index contributed by atoms with van der Waals surface area (Å²) < 4.78 is 7.61. The van der Waals surface area contributed by atoms with Crippen molar-refractivity contribution in [2.45, 2.75) is 89.4 Å². The van der Waals surface area contributed by atoms with Crippen LogP contribution in [0.3, 0.4) is 0 Å². The molecule has 0 aliphatic carbocycles. The van der Waals surface area contributed by atoms with Crippen molar-refractivity contribution in [2.24, 2.45) is 0 Å². The number of carbonyl (C=O) groups excluding carboxylic acids is 1. The summed E-state index contributed by atoms with van der Waals surface area (Å²) >= 11 is 0. The second-order valence-electron chi connectivity index (χ2n) is 9.65. The smallest absolute Gasteiger partial charge is 0.344 e. The van der Waals surface area contributed by atoms with Crippen molar-refractivity contribution >= 4 is 16.9 Å². The van der Waals surface area contributed by atoms with Crippen molar-refractivity contribution in [1.29, 1.82) is 0 Å². The lowest BCUT2D eigenvalue weighted by Gasteiger charge is -2.38. The molecule has 3 heterocycles. The van der Waals surface area contributed by atoms with Gasteiger partial charge >= 0.3 is 5.97 Å². The van der Waals surface area contributed by atoms with Gasteiger partial charge in [0, 0.05) is 37.6 Å². The molecule has 6 heteroatoms. The summed E-state index contributed by atoms with van der Waals surface area (Å²) in [6.45, 7) is 5.28. The molecule has 1 aromatic heterocycles. The van der Waals surface area contributed by atoms with Crippen LogP contribution in [0, 0.1) is 0 Å². The number of aliphatic hydroxyl groups is 1. The first-order valence-electron chi connectivity index (χ1n) is 12.2. The zero-order chi connectivity index (χ0) is 22.7. The first-order chi connectivity index (χ1) is 15.5. The van der Waals surface area contributed by atoms with Gasteiger partial charge in [0.15, 0.2) is 0 Å². The fourth-order valence-electron chi connectivity index (χ4n) is 5.60. The van der Waals surface area contributed by atoms with Crippen molar-refractivity contribution in [3.8, 4) is 0 Å². The Morgan fingerprint density at radius 1 is 1.09 bits per heavy atom. The summed E-state index contributed by atoms with van der Waals surface area (Å²) in [5, 5.41) is 9.81. The molecule has 6 nitrogen and oxygen atoms in total. The first-order valence-corrected chi connectivity index (χ1v) is 12.2. The molecule has 2 aromatic rings. The number of pyridine rings is 1. The second-order valence-corrected chi connectivity index (χ2v) is 9.65. The molecule has 2 aliphatic rings. The number of aromatic nitrogens is 1. The maximum Gasteiger partial charge on any atom is 0.344 e. The number of unbranched alkanes of at least 4 members (excludes halogenated alkanes) is 3. The average Bonchev–Trinajstić information content (AvgIpc) is 3.00. The molecule has 0 radical (unpaired) electrons. The molecule has 0 saturated carbocycles. The molecule has 2 aliphatic heterocycles. The number of rotatable bonds is 9. The standard InChI is InChI=1S/C26H36N2O4/c1-18(2)28-24-10-6-5-9-19(24)15-23(25(28)30)26(31)32-22-16-20-11-12-21(17-22)27(20)13-7-3-4-8-14-29/h5-6,9-10,15,18,20-22,29H,3-4,7-8,11-14,16-17H2,1-2H3/t20-,21+,22?. The number of ether oxygens (including phenoxy) is 1. The quantitative estimate of drug-likeness (QED) is 0.465. The molecule has 3 atom stereocenters. The van der Waals surface area contributed by atoms with Gasteiger partial charge in [0.25, 0.3) is 5.56 Å². The van der Waals surface area contributed by atoms with E-state index >= 15 is 0 Å². The van der Waals surface area contributed by atoms with Gasteiger partial charge in [-0.05, 0) is 63.6 Å². The number of hydrogen-bond acceptors (Lipinski definition) is 5. The Bertz CT molecular complexity index is 985. The lowest BCUT2D eigenvalue weighted by molar-refractivity contribution is -0.00652. The van der Waals surface area contributed by atoms with E-state index in [2.05, 4.69) is 4.90 Å². The third kappa shape index (κ3) is 4.76. The SMILES string of the molecule is CC(C)n1c(=O)c(C(=O)OC2C[C@H]3CC[C@@H](C2)N3CCCCCCO)cc2ccccc21. The van der Waals surface area contributed by atoms with Crippen LogP contribution in [0.15, 0.2) is 35.1 Å². The van der Waals surface area contributed by atoms with Crippen molar-refractivity contribution < 1.29 is 14.6 Å². The highest BCUT2D eigenvalue weighted by atomic mass is 16.5. The Balaban J connectivity index is 1.43. The molecule has 174 valence electrons. The van der Waals surface area contributed by atoms with E-state index in [0.717, 1.165) is 68.8 Å². The number of piperidine rings is 1. The Kier molecular flexibility index (Phi) is 7.31. The molecule has 4 rings (SSSR count). The van der Waals surface area contributed by atoms with Crippen LogP contribution in [-0.2, 0) is 4.74 Å². The fraction of sp³-hybridized carbons (Fsp3) is 0.615. The molecule has 2 bridgehead atoms. The highest BCUT2D eigenvalue weighted by Gasteiger charge is 2.41. The number of para-hydroxylation sites is 1. The minimum atomic E-state index is -0.489. The van der Waals surface area contributed by atoms with Gasteiger partial charge in [-0.1, -0.05) is 31.0 Å². The summed E-state index contributed by atoms with van der Waals surface area (Å²) in [7, 11) is 0. The summed E-state index contributed by atoms with van der Waals surface area (Å²) in [4.78, 5) is 28.8. The summed E-state index contributed by atoms with van der Waals surface area (Å²) in [5.41, 5.74) is 0.706. The molecule has 1 unspecified atom stereocenters. The van der Waals surface area contributed by atoms with E-state index in [1.165, 1.54) is 0 Å². The zero-order valence-electron chi connectivity index (χ0n) is 19.3. The number of hydrogen-bond donors (Lipinski definition) is 1. The molecule has 1 N–H and O–H groups in total. The van der Waals surface area contributed by atoms with Crippen LogP contribution in [0.1, 0.15) is 81.6 Å². The van der Waals surface area contributed by atoms with Crippen molar-refractivity contribution in [3.05, 3.63) is 46.2 Å². The number of carbonyl (C=O) groups is 1. The zero-order valence-corrected chi connectivity index (χ0v) is 19.3. The van der Waals surface area contributed by atoms with Crippen LogP contribution in [0.4, 0.5) is 0 Å². The van der Waals surface area contributed by atoms with E-state index in [1.54, 1.807) is 10.6 Å². The Morgan fingerprint density at radius 3 is 2.47 bits per heavy atom. The maximum atomic E-state index is 13.1. The molecule has 2 fully saturated rings. The van der Waals surface area contributed by atoms with E-state index in [9.17, 15) is 9.59 Å². The first kappa shape index (κ1) is 23.0. The average molecular weight is 441 g/mol. The van der Waals surface area contributed by atoms with Crippen molar-refractivity contribution in [1.82, 2.24) is 9.47 Å². The van der Waals surface area contributed by atoms with Gasteiger partial charge in [-0.3, -0.25) is 9.69 Å². The number of esters is 1. The van der Waals surface area contributed by atoms with Gasteiger partial charge in [0.2, 0.25) is 0 Å². The van der Waals surface area contributed by atoms with Gasteiger partial charge in [0.05, 0.1) is 5.52 Å². The number of nitrogens with zero attached hydrogens (tertiary/aromatic N) is 2. The van der Waals surface area contributed by atoms with Gasteiger partial charge in [-0.25, -0.2) is 4.79 Å². The third-order valence-electron chi connectivity index (χ3n) is 7.12. The Morgan fingerprint density at radius 2 is 1.78 bits per heavy atom. The van der Waals surface area contributed by atoms with Crippen LogP contribution >= 0.6 is 0 Å². The largest absolute Gasteiger partial charge is 0.459 e. The number of aliphatic hydroxyl groups excluding tert-OH is 1. The lowest BCUT2D eigenvalue weighted by Crippen LogP contribution is -2.46. The fourth-order valence-corrected chi connectivity index (χ4v) is 5.60. The van der Waals surface area contributed by atoms with E-state index in [-0.39, 0.29) is 29.9 Å². The molecular formula is C26H36N2O4.